The third-order valence-corrected chi connectivity index (χ3v) is 4.22. The van der Waals surface area contributed by atoms with E-state index in [0.29, 0.717) is 12.2 Å². The number of nitrogens with zero attached hydrogens (tertiary/aromatic N) is 2. The van der Waals surface area contributed by atoms with Gasteiger partial charge in [0.1, 0.15) is 0 Å². The third kappa shape index (κ3) is 3.79. The van der Waals surface area contributed by atoms with Crippen molar-refractivity contribution in [1.82, 2.24) is 4.57 Å². The fourth-order valence-corrected chi connectivity index (χ4v) is 3.13. The van der Waals surface area contributed by atoms with E-state index >= 15 is 0 Å². The van der Waals surface area contributed by atoms with Crippen molar-refractivity contribution in [3.63, 3.8) is 0 Å². The van der Waals surface area contributed by atoms with Crippen LogP contribution in [0, 0.1) is 13.8 Å². The summed E-state index contributed by atoms with van der Waals surface area (Å²) in [7, 11) is 1.68. The van der Waals surface area contributed by atoms with Gasteiger partial charge in [-0.1, -0.05) is 0 Å². The first-order valence-corrected chi connectivity index (χ1v) is 8.05. The van der Waals surface area contributed by atoms with Gasteiger partial charge in [-0.05, 0) is 39.8 Å². The summed E-state index contributed by atoms with van der Waals surface area (Å²) < 4.78 is 9.11. The van der Waals surface area contributed by atoms with E-state index < -0.39 is 0 Å². The van der Waals surface area contributed by atoms with Crippen molar-refractivity contribution in [2.75, 3.05) is 13.7 Å². The van der Waals surface area contributed by atoms with Gasteiger partial charge in [-0.15, -0.1) is 0 Å². The highest BCUT2D eigenvalue weighted by Gasteiger charge is 2.21. The Hall–Kier alpha value is -2.27. The first-order chi connectivity index (χ1) is 11.3. The number of hydrogen-bond donors (Lipinski definition) is 0. The van der Waals surface area contributed by atoms with Crippen LogP contribution in [0.4, 0.5) is 0 Å². The summed E-state index contributed by atoms with van der Waals surface area (Å²) in [6.07, 6.45) is 3.52. The molecule has 0 spiro atoms. The second-order valence-corrected chi connectivity index (χ2v) is 6.20. The van der Waals surface area contributed by atoms with E-state index in [0.717, 1.165) is 17.0 Å². The van der Waals surface area contributed by atoms with Crippen LogP contribution in [-0.4, -0.2) is 29.9 Å². The number of ketones is 2. The van der Waals surface area contributed by atoms with Crippen molar-refractivity contribution in [3.8, 4) is 0 Å². The molecule has 2 heterocycles. The number of ether oxygens (including phenoxy) is 1. The second kappa shape index (κ2) is 7.53. The highest BCUT2D eigenvalue weighted by molar-refractivity contribution is 5.96. The van der Waals surface area contributed by atoms with E-state index in [4.69, 9.17) is 4.74 Å². The number of hydrogen-bond acceptors (Lipinski definition) is 3. The van der Waals surface area contributed by atoms with Gasteiger partial charge in [0.2, 0.25) is 12.3 Å². The van der Waals surface area contributed by atoms with Gasteiger partial charge in [0.15, 0.2) is 18.2 Å². The molecular formula is C19H25N2O3+. The van der Waals surface area contributed by atoms with Crippen LogP contribution in [-0.2, 0) is 11.3 Å². The lowest BCUT2D eigenvalue weighted by atomic mass is 10.1. The number of carbonyl (C=O) groups is 2. The molecule has 0 N–H and O–H groups in total. The molecule has 0 fully saturated rings. The maximum Gasteiger partial charge on any atom is 0.229 e. The molecule has 5 heteroatoms. The van der Waals surface area contributed by atoms with Crippen molar-refractivity contribution < 1.29 is 18.9 Å². The lowest BCUT2D eigenvalue weighted by Crippen LogP contribution is -2.38. The molecule has 0 saturated carbocycles. The second-order valence-electron chi connectivity index (χ2n) is 6.20. The minimum Gasteiger partial charge on any atom is -0.383 e. The predicted molar refractivity (Wildman–Crippen MR) is 91.5 cm³/mol. The molecule has 128 valence electrons. The number of Topliss-reactive ketones (excluding diaryl/α,β-unsaturated/α-hetero) is 2. The maximum atomic E-state index is 12.7. The van der Waals surface area contributed by atoms with Gasteiger partial charge in [-0.3, -0.25) is 9.59 Å². The Labute approximate surface area is 142 Å². The Morgan fingerprint density at radius 3 is 2.67 bits per heavy atom. The Balaban J connectivity index is 2.26. The minimum absolute atomic E-state index is 0.0108. The monoisotopic (exact) mass is 329 g/mol. The first kappa shape index (κ1) is 18.1. The van der Waals surface area contributed by atoms with Crippen LogP contribution in [0.15, 0.2) is 30.6 Å². The number of carbonyl (C=O) groups excluding carboxylic acids is 2. The van der Waals surface area contributed by atoms with Crippen LogP contribution in [0.25, 0.3) is 0 Å². The number of rotatable bonds is 7. The quantitative estimate of drug-likeness (QED) is 0.580. The maximum absolute atomic E-state index is 12.7. The van der Waals surface area contributed by atoms with Gasteiger partial charge in [-0.25, -0.2) is 0 Å². The largest absolute Gasteiger partial charge is 0.383 e. The van der Waals surface area contributed by atoms with Gasteiger partial charge in [0.05, 0.1) is 18.2 Å². The SMILES string of the molecule is COC[C@H](C)n1c(C)cc(C(=O)C[n+]2cccc(C(C)=O)c2)c1C. The van der Waals surface area contributed by atoms with Crippen LogP contribution in [0.3, 0.4) is 0 Å². The Morgan fingerprint density at radius 2 is 2.04 bits per heavy atom. The van der Waals surface area contributed by atoms with E-state index in [-0.39, 0.29) is 24.2 Å². The fourth-order valence-electron chi connectivity index (χ4n) is 3.13. The summed E-state index contributed by atoms with van der Waals surface area (Å²) in [6, 6.07) is 5.64. The van der Waals surface area contributed by atoms with Crippen molar-refractivity contribution >= 4 is 11.6 Å². The summed E-state index contributed by atoms with van der Waals surface area (Å²) in [5.41, 5.74) is 3.31. The predicted octanol–water partition coefficient (Wildman–Crippen LogP) is 2.69. The summed E-state index contributed by atoms with van der Waals surface area (Å²) >= 11 is 0. The topological polar surface area (TPSA) is 52.2 Å². The average molecular weight is 329 g/mol. The van der Waals surface area contributed by atoms with Gasteiger partial charge in [0.25, 0.3) is 0 Å². The van der Waals surface area contributed by atoms with Crippen molar-refractivity contribution in [3.05, 3.63) is 53.1 Å². The third-order valence-electron chi connectivity index (χ3n) is 4.22. The zero-order valence-corrected chi connectivity index (χ0v) is 15.0. The van der Waals surface area contributed by atoms with E-state index in [1.807, 2.05) is 19.9 Å². The molecule has 2 aromatic rings. The molecule has 2 aromatic heterocycles. The summed E-state index contributed by atoms with van der Waals surface area (Å²) in [4.78, 5) is 24.2. The Bertz CT molecular complexity index is 762. The van der Waals surface area contributed by atoms with Crippen molar-refractivity contribution in [1.29, 1.82) is 0 Å². The molecule has 0 saturated heterocycles. The number of aryl methyl sites for hydroxylation is 1. The molecule has 0 aliphatic rings. The van der Waals surface area contributed by atoms with Crippen LogP contribution in [0.2, 0.25) is 0 Å². The number of pyridine rings is 1. The minimum atomic E-state index is -0.0108. The van der Waals surface area contributed by atoms with Gasteiger partial charge in [0, 0.05) is 30.1 Å². The molecule has 5 nitrogen and oxygen atoms in total. The van der Waals surface area contributed by atoms with E-state index in [1.54, 1.807) is 36.2 Å². The smallest absolute Gasteiger partial charge is 0.229 e. The summed E-state index contributed by atoms with van der Waals surface area (Å²) in [5.74, 6) is 0.0213. The van der Waals surface area contributed by atoms with E-state index in [2.05, 4.69) is 11.5 Å². The van der Waals surface area contributed by atoms with Crippen LogP contribution in [0.1, 0.15) is 52.0 Å². The van der Waals surface area contributed by atoms with Gasteiger partial charge in [-0.2, -0.15) is 4.57 Å². The fraction of sp³-hybridized carbons (Fsp3) is 0.421. The highest BCUT2D eigenvalue weighted by atomic mass is 16.5. The molecule has 0 amide bonds. The average Bonchev–Trinajstić information content (AvgIpc) is 2.82. The standard InChI is InChI=1S/C19H25N2O3/c1-13-9-18(15(3)21(13)14(2)12-24-5)19(23)11-20-8-6-7-17(10-20)16(4)22/h6-10,14H,11-12H2,1-5H3/q+1/t14-/m0/s1. The molecule has 0 aliphatic heterocycles. The molecule has 0 unspecified atom stereocenters. The normalized spacial score (nSPS) is 12.2. The van der Waals surface area contributed by atoms with Crippen LogP contribution >= 0.6 is 0 Å². The van der Waals surface area contributed by atoms with Crippen molar-refractivity contribution in [2.45, 2.75) is 40.3 Å². The number of methoxy groups -OCH3 is 1. The van der Waals surface area contributed by atoms with Gasteiger partial charge >= 0.3 is 0 Å². The Morgan fingerprint density at radius 1 is 1.33 bits per heavy atom. The highest BCUT2D eigenvalue weighted by Crippen LogP contribution is 2.21. The van der Waals surface area contributed by atoms with Crippen LogP contribution in [0.5, 0.6) is 0 Å². The molecule has 0 bridgehead atoms. The lowest BCUT2D eigenvalue weighted by Gasteiger charge is -2.17. The summed E-state index contributed by atoms with van der Waals surface area (Å²) in [6.45, 7) is 8.36. The van der Waals surface area contributed by atoms with Crippen molar-refractivity contribution in [2.24, 2.45) is 0 Å². The van der Waals surface area contributed by atoms with E-state index in [1.165, 1.54) is 6.92 Å². The molecular weight excluding hydrogens is 304 g/mol. The molecule has 0 aliphatic carbocycles. The van der Waals surface area contributed by atoms with Crippen LogP contribution < -0.4 is 4.57 Å². The molecule has 0 radical (unpaired) electrons. The van der Waals surface area contributed by atoms with Gasteiger partial charge < -0.3 is 9.30 Å². The van der Waals surface area contributed by atoms with E-state index in [9.17, 15) is 9.59 Å². The zero-order chi connectivity index (χ0) is 17.9. The molecule has 2 rings (SSSR count). The Kier molecular flexibility index (Phi) is 5.67. The molecule has 24 heavy (non-hydrogen) atoms. The molecule has 0 aromatic carbocycles. The number of aromatic nitrogens is 2. The molecule has 1 atom stereocenters. The first-order valence-electron chi connectivity index (χ1n) is 8.05. The lowest BCUT2D eigenvalue weighted by molar-refractivity contribution is -0.683. The summed E-state index contributed by atoms with van der Waals surface area (Å²) in [5, 5.41) is 0. The zero-order valence-electron chi connectivity index (χ0n) is 15.0.